The minimum atomic E-state index is -0.259. The molecule has 6 heteroatoms. The van der Waals surface area contributed by atoms with Gasteiger partial charge in [-0.05, 0) is 6.07 Å². The van der Waals surface area contributed by atoms with Crippen LogP contribution < -0.4 is 11.3 Å². The number of carbonyl (C=O) groups is 1. The normalized spacial score (nSPS) is 10.1. The zero-order chi connectivity index (χ0) is 12.0. The second kappa shape index (κ2) is 6.22. The Morgan fingerprint density at radius 3 is 3.00 bits per heavy atom. The molecule has 0 amide bonds. The fourth-order valence-corrected chi connectivity index (χ4v) is 1.86. The summed E-state index contributed by atoms with van der Waals surface area (Å²) >= 11 is 1.42. The number of esters is 1. The van der Waals surface area contributed by atoms with Gasteiger partial charge >= 0.3 is 5.97 Å². The van der Waals surface area contributed by atoms with E-state index in [1.54, 1.807) is 12.3 Å². The molecule has 0 aliphatic rings. The van der Waals surface area contributed by atoms with E-state index in [9.17, 15) is 9.59 Å². The maximum atomic E-state index is 11.4. The molecule has 88 valence electrons. The van der Waals surface area contributed by atoms with Gasteiger partial charge in [0.15, 0.2) is 0 Å². The fraction of sp³-hybridized carbons (Fsp3) is 0.400. The summed E-state index contributed by atoms with van der Waals surface area (Å²) in [6.07, 6.45) is 1.60. The summed E-state index contributed by atoms with van der Waals surface area (Å²) in [6.45, 7) is 0.533. The van der Waals surface area contributed by atoms with Crippen LogP contribution in [0.15, 0.2) is 23.1 Å². The number of carbonyl (C=O) groups excluding carboxylic acids is 1. The van der Waals surface area contributed by atoms with E-state index in [1.807, 2.05) is 0 Å². The van der Waals surface area contributed by atoms with Crippen molar-refractivity contribution in [3.8, 4) is 0 Å². The third-order valence-corrected chi connectivity index (χ3v) is 2.84. The molecule has 5 nitrogen and oxygen atoms in total. The lowest BCUT2D eigenvalue weighted by Gasteiger charge is -2.05. The standard InChI is InChI=1S/C10H14N2O3S/c1-15-10(14)7-16-5-4-12-6-8(11)2-3-9(12)13/h2-3,6H,4-5,7,11H2,1H3. The first-order valence-corrected chi connectivity index (χ1v) is 5.89. The van der Waals surface area contributed by atoms with Gasteiger partial charge in [-0.1, -0.05) is 0 Å². The van der Waals surface area contributed by atoms with Crippen LogP contribution in [-0.2, 0) is 16.1 Å². The summed E-state index contributed by atoms with van der Waals surface area (Å²) in [5.74, 6) is 0.705. The van der Waals surface area contributed by atoms with E-state index in [2.05, 4.69) is 4.74 Å². The lowest BCUT2D eigenvalue weighted by atomic mass is 10.4. The number of hydrogen-bond donors (Lipinski definition) is 1. The van der Waals surface area contributed by atoms with E-state index >= 15 is 0 Å². The van der Waals surface area contributed by atoms with Gasteiger partial charge in [0.25, 0.3) is 5.56 Å². The van der Waals surface area contributed by atoms with Crippen molar-refractivity contribution in [2.75, 3.05) is 24.3 Å². The van der Waals surface area contributed by atoms with Gasteiger partial charge in [0, 0.05) is 30.2 Å². The van der Waals surface area contributed by atoms with E-state index in [1.165, 1.54) is 29.5 Å². The van der Waals surface area contributed by atoms with Crippen molar-refractivity contribution in [3.63, 3.8) is 0 Å². The van der Waals surface area contributed by atoms with Crippen LogP contribution in [0.5, 0.6) is 0 Å². The Balaban J connectivity index is 2.40. The predicted molar refractivity (Wildman–Crippen MR) is 64.5 cm³/mol. The number of nitrogens with zero attached hydrogens (tertiary/aromatic N) is 1. The van der Waals surface area contributed by atoms with Gasteiger partial charge in [0.2, 0.25) is 0 Å². The molecule has 0 bridgehead atoms. The molecule has 1 rings (SSSR count). The summed E-state index contributed by atoms with van der Waals surface area (Å²) in [5, 5.41) is 0. The highest BCUT2D eigenvalue weighted by Gasteiger charge is 2.01. The quantitative estimate of drug-likeness (QED) is 0.595. The maximum Gasteiger partial charge on any atom is 0.315 e. The number of aromatic nitrogens is 1. The number of ether oxygens (including phenoxy) is 1. The van der Waals surface area contributed by atoms with Gasteiger partial charge in [0.1, 0.15) is 0 Å². The van der Waals surface area contributed by atoms with E-state index in [-0.39, 0.29) is 11.5 Å². The number of rotatable bonds is 5. The molecule has 0 aromatic carbocycles. The second-order valence-electron chi connectivity index (χ2n) is 3.12. The van der Waals surface area contributed by atoms with E-state index in [0.717, 1.165) is 0 Å². The number of nitrogens with two attached hydrogens (primary N) is 1. The highest BCUT2D eigenvalue weighted by molar-refractivity contribution is 7.99. The van der Waals surface area contributed by atoms with E-state index in [4.69, 9.17) is 5.73 Å². The lowest BCUT2D eigenvalue weighted by Crippen LogP contribution is -2.20. The highest BCUT2D eigenvalue weighted by atomic mass is 32.2. The molecular weight excluding hydrogens is 228 g/mol. The van der Waals surface area contributed by atoms with Gasteiger partial charge in [-0.3, -0.25) is 9.59 Å². The molecule has 2 N–H and O–H groups in total. The number of methoxy groups -OCH3 is 1. The Morgan fingerprint density at radius 2 is 2.31 bits per heavy atom. The Morgan fingerprint density at radius 1 is 1.56 bits per heavy atom. The molecule has 0 saturated carbocycles. The molecule has 0 atom stereocenters. The summed E-state index contributed by atoms with van der Waals surface area (Å²) in [4.78, 5) is 22.2. The van der Waals surface area contributed by atoms with Gasteiger partial charge in [0.05, 0.1) is 12.9 Å². The zero-order valence-electron chi connectivity index (χ0n) is 9.01. The smallest absolute Gasteiger partial charge is 0.315 e. The molecule has 0 spiro atoms. The predicted octanol–water partition coefficient (Wildman–Crippen LogP) is 0.337. The minimum absolute atomic E-state index is 0.0899. The Labute approximate surface area is 97.6 Å². The summed E-state index contributed by atoms with van der Waals surface area (Å²) in [6, 6.07) is 3.00. The number of hydrogen-bond acceptors (Lipinski definition) is 5. The fourth-order valence-electron chi connectivity index (χ4n) is 1.10. The molecule has 1 heterocycles. The van der Waals surface area contributed by atoms with Crippen LogP contribution >= 0.6 is 11.8 Å². The van der Waals surface area contributed by atoms with Crippen molar-refractivity contribution >= 4 is 23.4 Å². The van der Waals surface area contributed by atoms with Crippen molar-refractivity contribution in [1.29, 1.82) is 0 Å². The van der Waals surface area contributed by atoms with Crippen LogP contribution in [0.4, 0.5) is 5.69 Å². The van der Waals surface area contributed by atoms with Crippen molar-refractivity contribution in [2.45, 2.75) is 6.54 Å². The Hall–Kier alpha value is -1.43. The number of nitrogen functional groups attached to an aromatic ring is 1. The Kier molecular flexibility index (Phi) is 4.91. The van der Waals surface area contributed by atoms with E-state index < -0.39 is 0 Å². The van der Waals surface area contributed by atoms with Gasteiger partial charge < -0.3 is 15.0 Å². The van der Waals surface area contributed by atoms with Crippen LogP contribution in [-0.4, -0.2) is 29.2 Å². The van der Waals surface area contributed by atoms with Crippen molar-refractivity contribution in [2.24, 2.45) is 0 Å². The molecule has 0 aliphatic carbocycles. The maximum absolute atomic E-state index is 11.4. The molecule has 16 heavy (non-hydrogen) atoms. The molecule has 1 aromatic rings. The first kappa shape index (κ1) is 12.6. The minimum Gasteiger partial charge on any atom is -0.468 e. The van der Waals surface area contributed by atoms with Crippen LogP contribution in [0, 0.1) is 0 Å². The first-order chi connectivity index (χ1) is 7.63. The molecule has 1 aromatic heterocycles. The van der Waals surface area contributed by atoms with Crippen LogP contribution in [0.1, 0.15) is 0 Å². The third kappa shape index (κ3) is 3.98. The number of anilines is 1. The van der Waals surface area contributed by atoms with E-state index in [0.29, 0.717) is 23.7 Å². The number of thioether (sulfide) groups is 1. The summed E-state index contributed by atoms with van der Waals surface area (Å²) in [7, 11) is 1.35. The monoisotopic (exact) mass is 242 g/mol. The zero-order valence-corrected chi connectivity index (χ0v) is 9.83. The first-order valence-electron chi connectivity index (χ1n) is 4.74. The van der Waals surface area contributed by atoms with Crippen LogP contribution in [0.25, 0.3) is 0 Å². The summed E-state index contributed by atoms with van der Waals surface area (Å²) in [5.41, 5.74) is 6.02. The molecule has 0 saturated heterocycles. The van der Waals surface area contributed by atoms with Gasteiger partial charge in [-0.2, -0.15) is 0 Å². The second-order valence-corrected chi connectivity index (χ2v) is 4.23. The van der Waals surface area contributed by atoms with Crippen molar-refractivity contribution < 1.29 is 9.53 Å². The Bertz CT molecular complexity index is 417. The van der Waals surface area contributed by atoms with Gasteiger partial charge in [-0.15, -0.1) is 11.8 Å². The lowest BCUT2D eigenvalue weighted by molar-refractivity contribution is -0.137. The highest BCUT2D eigenvalue weighted by Crippen LogP contribution is 2.02. The van der Waals surface area contributed by atoms with Gasteiger partial charge in [-0.25, -0.2) is 0 Å². The average Bonchev–Trinajstić information content (AvgIpc) is 2.28. The largest absolute Gasteiger partial charge is 0.468 e. The van der Waals surface area contributed by atoms with Crippen molar-refractivity contribution in [3.05, 3.63) is 28.7 Å². The molecule has 0 radical (unpaired) electrons. The van der Waals surface area contributed by atoms with Crippen LogP contribution in [0.2, 0.25) is 0 Å². The molecule has 0 fully saturated rings. The van der Waals surface area contributed by atoms with Crippen LogP contribution in [0.3, 0.4) is 0 Å². The molecular formula is C10H14N2O3S. The topological polar surface area (TPSA) is 74.3 Å². The molecule has 0 unspecified atom stereocenters. The molecule has 0 aliphatic heterocycles. The number of aryl methyl sites for hydroxylation is 1. The summed E-state index contributed by atoms with van der Waals surface area (Å²) < 4.78 is 6.02. The SMILES string of the molecule is COC(=O)CSCCn1cc(N)ccc1=O. The number of pyridine rings is 1. The third-order valence-electron chi connectivity index (χ3n) is 1.93. The van der Waals surface area contributed by atoms with Crippen molar-refractivity contribution in [1.82, 2.24) is 4.57 Å². The average molecular weight is 242 g/mol.